The fourth-order valence-corrected chi connectivity index (χ4v) is 1.96. The number of methoxy groups -OCH3 is 1. The third kappa shape index (κ3) is 5.33. The molecule has 0 aliphatic rings. The minimum absolute atomic E-state index is 0.260. The second-order valence-corrected chi connectivity index (χ2v) is 4.82. The molecule has 5 heteroatoms. The Balaban J connectivity index is 2.25. The Bertz CT molecular complexity index is 374. The summed E-state index contributed by atoms with van der Waals surface area (Å²) in [5.74, 6) is -0.260. The molecule has 0 saturated carbocycles. The van der Waals surface area contributed by atoms with E-state index in [1.165, 1.54) is 6.07 Å². The van der Waals surface area contributed by atoms with Gasteiger partial charge in [0.2, 0.25) is 0 Å². The molecule has 0 radical (unpaired) electrons. The maximum atomic E-state index is 13.3. The molecule has 1 aromatic rings. The lowest BCUT2D eigenvalue weighted by molar-refractivity contribution is 0.109. The average molecular weight is 320 g/mol. The number of aryl methyl sites for hydroxylation is 1. The first-order valence-corrected chi connectivity index (χ1v) is 6.70. The van der Waals surface area contributed by atoms with Gasteiger partial charge in [0.15, 0.2) is 0 Å². The second kappa shape index (κ2) is 8.45. The van der Waals surface area contributed by atoms with Crippen molar-refractivity contribution in [3.63, 3.8) is 0 Å². The summed E-state index contributed by atoms with van der Waals surface area (Å²) in [5.41, 5.74) is 1.80. The van der Waals surface area contributed by atoms with Crippen molar-refractivity contribution in [3.8, 4) is 0 Å². The summed E-state index contributed by atoms with van der Waals surface area (Å²) in [6.45, 7) is 4.59. The average Bonchev–Trinajstić information content (AvgIpc) is 2.34. The monoisotopic (exact) mass is 319 g/mol. The Morgan fingerprint density at radius 2 is 2.06 bits per heavy atom. The van der Waals surface area contributed by atoms with Crippen LogP contribution in [0.3, 0.4) is 0 Å². The van der Waals surface area contributed by atoms with Crippen molar-refractivity contribution >= 4 is 21.6 Å². The summed E-state index contributed by atoms with van der Waals surface area (Å²) >= 11 is 3.16. The van der Waals surface area contributed by atoms with Crippen LogP contribution in [-0.2, 0) is 9.47 Å². The predicted molar refractivity (Wildman–Crippen MR) is 74.6 cm³/mol. The Labute approximate surface area is 116 Å². The van der Waals surface area contributed by atoms with Gasteiger partial charge in [0, 0.05) is 32.6 Å². The van der Waals surface area contributed by atoms with Crippen molar-refractivity contribution in [2.24, 2.45) is 0 Å². The van der Waals surface area contributed by atoms with Gasteiger partial charge in [-0.2, -0.15) is 0 Å². The fraction of sp³-hybridized carbons (Fsp3) is 0.538. The fourth-order valence-electron chi connectivity index (χ4n) is 1.50. The summed E-state index contributed by atoms with van der Waals surface area (Å²) in [4.78, 5) is 0. The Hall–Kier alpha value is -0.650. The van der Waals surface area contributed by atoms with Gasteiger partial charge in [-0.25, -0.2) is 4.39 Å². The van der Waals surface area contributed by atoms with E-state index in [2.05, 4.69) is 21.2 Å². The zero-order chi connectivity index (χ0) is 13.4. The van der Waals surface area contributed by atoms with E-state index in [1.807, 2.05) is 6.92 Å². The van der Waals surface area contributed by atoms with E-state index in [9.17, 15) is 4.39 Å². The van der Waals surface area contributed by atoms with Crippen molar-refractivity contribution in [2.75, 3.05) is 38.8 Å². The van der Waals surface area contributed by atoms with Crippen LogP contribution in [0.2, 0.25) is 0 Å². The molecule has 0 aromatic heterocycles. The van der Waals surface area contributed by atoms with Crippen molar-refractivity contribution in [1.29, 1.82) is 0 Å². The lowest BCUT2D eigenvalue weighted by atomic mass is 10.2. The molecule has 0 heterocycles. The topological polar surface area (TPSA) is 30.5 Å². The van der Waals surface area contributed by atoms with Crippen molar-refractivity contribution in [3.05, 3.63) is 28.0 Å². The highest BCUT2D eigenvalue weighted by molar-refractivity contribution is 9.10. The Morgan fingerprint density at radius 1 is 1.28 bits per heavy atom. The van der Waals surface area contributed by atoms with E-state index in [1.54, 1.807) is 13.2 Å². The first-order valence-electron chi connectivity index (χ1n) is 5.91. The molecule has 102 valence electrons. The summed E-state index contributed by atoms with van der Waals surface area (Å²) < 4.78 is 24.2. The molecule has 1 rings (SSSR count). The van der Waals surface area contributed by atoms with E-state index in [0.717, 1.165) is 17.7 Å². The molecule has 1 N–H and O–H groups in total. The van der Waals surface area contributed by atoms with Gasteiger partial charge in [-0.05, 0) is 47.0 Å². The van der Waals surface area contributed by atoms with E-state index >= 15 is 0 Å². The summed E-state index contributed by atoms with van der Waals surface area (Å²) in [6.07, 6.45) is 0.891. The molecular formula is C13H19BrFNO2. The molecule has 0 atom stereocenters. The van der Waals surface area contributed by atoms with Crippen LogP contribution < -0.4 is 5.32 Å². The van der Waals surface area contributed by atoms with Gasteiger partial charge in [-0.1, -0.05) is 0 Å². The summed E-state index contributed by atoms with van der Waals surface area (Å²) in [6, 6.07) is 3.25. The van der Waals surface area contributed by atoms with Crippen molar-refractivity contribution in [1.82, 2.24) is 0 Å². The summed E-state index contributed by atoms with van der Waals surface area (Å²) in [5, 5.41) is 3.15. The molecule has 0 saturated heterocycles. The number of anilines is 1. The van der Waals surface area contributed by atoms with E-state index in [-0.39, 0.29) is 5.82 Å². The Morgan fingerprint density at radius 3 is 2.78 bits per heavy atom. The van der Waals surface area contributed by atoms with Crippen LogP contribution in [0.5, 0.6) is 0 Å². The number of rotatable bonds is 8. The molecule has 0 bridgehead atoms. The minimum atomic E-state index is -0.260. The highest BCUT2D eigenvalue weighted by atomic mass is 79.9. The van der Waals surface area contributed by atoms with Gasteiger partial charge in [-0.15, -0.1) is 0 Å². The number of hydrogen-bond donors (Lipinski definition) is 1. The molecule has 1 aromatic carbocycles. The number of halogens is 2. The lowest BCUT2D eigenvalue weighted by Gasteiger charge is -2.11. The smallest absolute Gasteiger partial charge is 0.139 e. The molecule has 0 spiro atoms. The van der Waals surface area contributed by atoms with Gasteiger partial charge in [0.05, 0.1) is 11.1 Å². The molecule has 0 aliphatic heterocycles. The van der Waals surface area contributed by atoms with E-state index in [0.29, 0.717) is 30.8 Å². The van der Waals surface area contributed by atoms with Gasteiger partial charge >= 0.3 is 0 Å². The maximum Gasteiger partial charge on any atom is 0.139 e. The van der Waals surface area contributed by atoms with Gasteiger partial charge in [0.1, 0.15) is 5.82 Å². The van der Waals surface area contributed by atoms with E-state index < -0.39 is 0 Å². The third-order valence-electron chi connectivity index (χ3n) is 2.47. The SMILES string of the molecule is COCCCOCCNc1cc(F)c(Br)cc1C. The van der Waals surface area contributed by atoms with Crippen molar-refractivity contribution in [2.45, 2.75) is 13.3 Å². The number of hydrogen-bond acceptors (Lipinski definition) is 3. The van der Waals surface area contributed by atoms with Crippen LogP contribution in [0.25, 0.3) is 0 Å². The molecule has 18 heavy (non-hydrogen) atoms. The molecule has 3 nitrogen and oxygen atoms in total. The van der Waals surface area contributed by atoms with Gasteiger partial charge in [0.25, 0.3) is 0 Å². The zero-order valence-electron chi connectivity index (χ0n) is 10.8. The third-order valence-corrected chi connectivity index (χ3v) is 3.07. The van der Waals surface area contributed by atoms with Gasteiger partial charge < -0.3 is 14.8 Å². The van der Waals surface area contributed by atoms with Gasteiger partial charge in [-0.3, -0.25) is 0 Å². The van der Waals surface area contributed by atoms with Crippen LogP contribution in [-0.4, -0.2) is 33.5 Å². The Kier molecular flexibility index (Phi) is 7.23. The molecule has 0 amide bonds. The number of ether oxygens (including phenoxy) is 2. The first kappa shape index (κ1) is 15.4. The molecule has 0 fully saturated rings. The normalized spacial score (nSPS) is 10.7. The minimum Gasteiger partial charge on any atom is -0.385 e. The highest BCUT2D eigenvalue weighted by Gasteiger charge is 2.04. The van der Waals surface area contributed by atoms with Crippen LogP contribution >= 0.6 is 15.9 Å². The van der Waals surface area contributed by atoms with Crippen LogP contribution in [0.4, 0.5) is 10.1 Å². The molecule has 0 aliphatic carbocycles. The molecular weight excluding hydrogens is 301 g/mol. The lowest BCUT2D eigenvalue weighted by Crippen LogP contribution is -2.11. The van der Waals surface area contributed by atoms with E-state index in [4.69, 9.17) is 9.47 Å². The predicted octanol–water partition coefficient (Wildman–Crippen LogP) is 3.36. The number of benzene rings is 1. The highest BCUT2D eigenvalue weighted by Crippen LogP contribution is 2.23. The van der Waals surface area contributed by atoms with Crippen molar-refractivity contribution < 1.29 is 13.9 Å². The largest absolute Gasteiger partial charge is 0.385 e. The maximum absolute atomic E-state index is 13.3. The second-order valence-electron chi connectivity index (χ2n) is 3.97. The quantitative estimate of drug-likeness (QED) is 0.745. The number of nitrogens with one attached hydrogen (secondary N) is 1. The van der Waals surface area contributed by atoms with Crippen LogP contribution in [0, 0.1) is 12.7 Å². The standard InChI is InChI=1S/C13H19BrFNO2/c1-10-8-11(14)12(15)9-13(10)16-4-7-18-6-3-5-17-2/h8-9,16H,3-7H2,1-2H3. The molecule has 0 unspecified atom stereocenters. The first-order chi connectivity index (χ1) is 8.65. The van der Waals surface area contributed by atoms with Crippen LogP contribution in [0.1, 0.15) is 12.0 Å². The zero-order valence-corrected chi connectivity index (χ0v) is 12.3. The van der Waals surface area contributed by atoms with Crippen LogP contribution in [0.15, 0.2) is 16.6 Å². The summed E-state index contributed by atoms with van der Waals surface area (Å²) in [7, 11) is 1.67.